The Balaban J connectivity index is 1.44. The van der Waals surface area contributed by atoms with Crippen LogP contribution in [-0.2, 0) is 11.2 Å². The standard InChI is InChI=1S/C19H29N3O3/c1-3-25-17-13-16(23)19(17)8-11-22(12-9-19)18(24)20-10-7-15-6-4-5-14(2)21-15/h4-6,16-17,23H,3,7-13H2,1-2H3,(H,20,24)/t16-,17+/m1/s1. The quantitative estimate of drug-likeness (QED) is 0.853. The SMILES string of the molecule is CCO[C@H]1C[C@@H](O)C12CCN(C(=O)NCCc1cccc(C)n1)CC2. The van der Waals surface area contributed by atoms with Gasteiger partial charge in [-0.2, -0.15) is 0 Å². The van der Waals surface area contributed by atoms with Gasteiger partial charge in [-0.3, -0.25) is 4.98 Å². The molecular weight excluding hydrogens is 318 g/mol. The van der Waals surface area contributed by atoms with E-state index in [0.29, 0.717) is 26.2 Å². The Kier molecular flexibility index (Phi) is 5.59. The minimum atomic E-state index is -0.290. The number of carbonyl (C=O) groups is 1. The van der Waals surface area contributed by atoms with Gasteiger partial charge < -0.3 is 20.1 Å². The Morgan fingerprint density at radius 1 is 1.44 bits per heavy atom. The van der Waals surface area contributed by atoms with Gasteiger partial charge in [0, 0.05) is 55.9 Å². The zero-order valence-electron chi connectivity index (χ0n) is 15.2. The highest BCUT2D eigenvalue weighted by molar-refractivity contribution is 5.74. The highest BCUT2D eigenvalue weighted by Crippen LogP contribution is 2.50. The number of likely N-dealkylation sites (tertiary alicyclic amines) is 1. The van der Waals surface area contributed by atoms with E-state index < -0.39 is 0 Å². The molecule has 2 fully saturated rings. The highest BCUT2D eigenvalue weighted by atomic mass is 16.5. The van der Waals surface area contributed by atoms with Gasteiger partial charge in [0.2, 0.25) is 0 Å². The molecule has 3 rings (SSSR count). The summed E-state index contributed by atoms with van der Waals surface area (Å²) in [4.78, 5) is 18.7. The number of aliphatic hydroxyl groups excluding tert-OH is 1. The van der Waals surface area contributed by atoms with E-state index in [4.69, 9.17) is 4.74 Å². The van der Waals surface area contributed by atoms with Crippen molar-refractivity contribution in [2.24, 2.45) is 5.41 Å². The van der Waals surface area contributed by atoms with E-state index in [1.54, 1.807) is 0 Å². The normalized spacial score (nSPS) is 24.8. The smallest absolute Gasteiger partial charge is 0.317 e. The number of piperidine rings is 1. The molecule has 2 N–H and O–H groups in total. The second-order valence-corrected chi connectivity index (χ2v) is 7.17. The zero-order valence-corrected chi connectivity index (χ0v) is 15.2. The lowest BCUT2D eigenvalue weighted by atomic mass is 9.58. The van der Waals surface area contributed by atoms with E-state index in [-0.39, 0.29) is 23.7 Å². The monoisotopic (exact) mass is 347 g/mol. The lowest BCUT2D eigenvalue weighted by molar-refractivity contribution is -0.207. The molecule has 1 aromatic rings. The Bertz CT molecular complexity index is 597. The average molecular weight is 347 g/mol. The van der Waals surface area contributed by atoms with Crippen molar-refractivity contribution in [2.75, 3.05) is 26.2 Å². The topological polar surface area (TPSA) is 74.7 Å². The van der Waals surface area contributed by atoms with Crippen LogP contribution in [0.2, 0.25) is 0 Å². The van der Waals surface area contributed by atoms with Crippen molar-refractivity contribution in [3.05, 3.63) is 29.6 Å². The third kappa shape index (κ3) is 3.80. The first-order chi connectivity index (χ1) is 12.0. The molecule has 0 radical (unpaired) electrons. The molecule has 1 aromatic heterocycles. The number of amides is 2. The predicted molar refractivity (Wildman–Crippen MR) is 95.4 cm³/mol. The summed E-state index contributed by atoms with van der Waals surface area (Å²) >= 11 is 0. The van der Waals surface area contributed by atoms with E-state index in [1.807, 2.05) is 36.9 Å². The summed E-state index contributed by atoms with van der Waals surface area (Å²) in [5, 5.41) is 13.2. The predicted octanol–water partition coefficient (Wildman–Crippen LogP) is 1.89. The van der Waals surface area contributed by atoms with Crippen LogP contribution >= 0.6 is 0 Å². The molecule has 1 saturated carbocycles. The Morgan fingerprint density at radius 3 is 2.84 bits per heavy atom. The molecule has 0 aromatic carbocycles. The van der Waals surface area contributed by atoms with Crippen LogP contribution in [0.1, 0.15) is 37.6 Å². The fourth-order valence-corrected chi connectivity index (χ4v) is 4.09. The summed E-state index contributed by atoms with van der Waals surface area (Å²) in [6.07, 6.45) is 2.93. The molecule has 0 bridgehead atoms. The summed E-state index contributed by atoms with van der Waals surface area (Å²) in [6, 6.07) is 5.91. The number of nitrogens with zero attached hydrogens (tertiary/aromatic N) is 2. The van der Waals surface area contributed by atoms with Gasteiger partial charge in [-0.25, -0.2) is 4.79 Å². The largest absolute Gasteiger partial charge is 0.392 e. The lowest BCUT2D eigenvalue weighted by Crippen LogP contribution is -2.63. The van der Waals surface area contributed by atoms with E-state index in [0.717, 1.165) is 37.1 Å². The summed E-state index contributed by atoms with van der Waals surface area (Å²) in [5.74, 6) is 0. The van der Waals surface area contributed by atoms with Crippen LogP contribution in [0.4, 0.5) is 4.79 Å². The number of pyridine rings is 1. The number of aromatic nitrogens is 1. The van der Waals surface area contributed by atoms with Gasteiger partial charge in [0.05, 0.1) is 12.2 Å². The van der Waals surface area contributed by atoms with Gasteiger partial charge in [0.25, 0.3) is 0 Å². The molecule has 1 aliphatic heterocycles. The van der Waals surface area contributed by atoms with Crippen LogP contribution in [-0.4, -0.2) is 59.5 Å². The molecule has 2 heterocycles. The molecule has 138 valence electrons. The Morgan fingerprint density at radius 2 is 2.20 bits per heavy atom. The molecule has 1 spiro atoms. The van der Waals surface area contributed by atoms with E-state index >= 15 is 0 Å². The van der Waals surface area contributed by atoms with E-state index in [2.05, 4.69) is 10.3 Å². The van der Waals surface area contributed by atoms with Crippen molar-refractivity contribution < 1.29 is 14.6 Å². The number of ether oxygens (including phenoxy) is 1. The second kappa shape index (κ2) is 7.70. The van der Waals surface area contributed by atoms with Gasteiger partial charge in [0.1, 0.15) is 0 Å². The summed E-state index contributed by atoms with van der Waals surface area (Å²) in [5.41, 5.74) is 1.85. The second-order valence-electron chi connectivity index (χ2n) is 7.17. The van der Waals surface area contributed by atoms with Gasteiger partial charge in [-0.1, -0.05) is 6.07 Å². The van der Waals surface area contributed by atoms with Crippen LogP contribution in [0, 0.1) is 12.3 Å². The van der Waals surface area contributed by atoms with Crippen molar-refractivity contribution in [1.82, 2.24) is 15.2 Å². The number of urea groups is 1. The molecule has 2 atom stereocenters. The molecule has 1 saturated heterocycles. The average Bonchev–Trinajstić information content (AvgIpc) is 2.62. The van der Waals surface area contributed by atoms with Crippen molar-refractivity contribution >= 4 is 6.03 Å². The Labute approximate surface area is 149 Å². The maximum atomic E-state index is 12.4. The van der Waals surface area contributed by atoms with E-state index in [9.17, 15) is 9.90 Å². The molecule has 2 amide bonds. The van der Waals surface area contributed by atoms with Crippen molar-refractivity contribution in [2.45, 2.75) is 51.7 Å². The Hall–Kier alpha value is -1.66. The summed E-state index contributed by atoms with van der Waals surface area (Å²) in [7, 11) is 0. The molecule has 6 nitrogen and oxygen atoms in total. The minimum absolute atomic E-state index is 0.0238. The number of rotatable bonds is 5. The number of aliphatic hydroxyl groups is 1. The molecule has 1 aliphatic carbocycles. The van der Waals surface area contributed by atoms with E-state index in [1.165, 1.54) is 0 Å². The number of nitrogens with one attached hydrogen (secondary N) is 1. The first-order valence-electron chi connectivity index (χ1n) is 9.30. The van der Waals surface area contributed by atoms with Crippen LogP contribution in [0.25, 0.3) is 0 Å². The maximum Gasteiger partial charge on any atom is 0.317 e. The number of hydrogen-bond acceptors (Lipinski definition) is 4. The fraction of sp³-hybridized carbons (Fsp3) is 0.684. The number of hydrogen-bond donors (Lipinski definition) is 2. The van der Waals surface area contributed by atoms with Gasteiger partial charge >= 0.3 is 6.03 Å². The highest BCUT2D eigenvalue weighted by Gasteiger charge is 2.56. The lowest BCUT2D eigenvalue weighted by Gasteiger charge is -2.56. The van der Waals surface area contributed by atoms with Crippen LogP contribution in [0.3, 0.4) is 0 Å². The third-order valence-electron chi connectivity index (χ3n) is 5.69. The number of carbonyl (C=O) groups excluding carboxylic acids is 1. The first-order valence-corrected chi connectivity index (χ1v) is 9.30. The van der Waals surface area contributed by atoms with Crippen molar-refractivity contribution in [3.8, 4) is 0 Å². The summed E-state index contributed by atoms with van der Waals surface area (Å²) in [6.45, 7) is 6.57. The fourth-order valence-electron chi connectivity index (χ4n) is 4.09. The van der Waals surface area contributed by atoms with Crippen LogP contribution < -0.4 is 5.32 Å². The first kappa shape index (κ1) is 18.1. The van der Waals surface area contributed by atoms with Crippen molar-refractivity contribution in [3.63, 3.8) is 0 Å². The molecule has 2 aliphatic rings. The minimum Gasteiger partial charge on any atom is -0.392 e. The van der Waals surface area contributed by atoms with Gasteiger partial charge in [-0.15, -0.1) is 0 Å². The van der Waals surface area contributed by atoms with Crippen molar-refractivity contribution in [1.29, 1.82) is 0 Å². The molecular formula is C19H29N3O3. The summed E-state index contributed by atoms with van der Waals surface area (Å²) < 4.78 is 5.77. The molecule has 25 heavy (non-hydrogen) atoms. The third-order valence-corrected chi connectivity index (χ3v) is 5.69. The van der Waals surface area contributed by atoms with Crippen LogP contribution in [0.15, 0.2) is 18.2 Å². The number of aryl methyl sites for hydroxylation is 1. The molecule has 6 heteroatoms. The molecule has 0 unspecified atom stereocenters. The zero-order chi connectivity index (χ0) is 17.9. The van der Waals surface area contributed by atoms with Crippen LogP contribution in [0.5, 0.6) is 0 Å². The maximum absolute atomic E-state index is 12.4. The van der Waals surface area contributed by atoms with Gasteiger partial charge in [-0.05, 0) is 38.8 Å². The van der Waals surface area contributed by atoms with Gasteiger partial charge in [0.15, 0.2) is 0 Å².